The standard InChI is InChI=1S/C26H23ClN4O5/c27-17-10-18-24(30-21(17)16-8-6-15(7-9-16)14-4-2-1-3-5-14)31-25(29-18)36-19-12-34-23-22(19)35-13-26(23,33)11-20(28)32/h1-10,19,22-23,33H,11-13H2,(H2,28,32)(H,29,30,31)/t19-,22?,23+,26-/m1/s1. The van der Waals surface area contributed by atoms with Crippen molar-refractivity contribution in [1.29, 1.82) is 0 Å². The molecule has 2 fully saturated rings. The summed E-state index contributed by atoms with van der Waals surface area (Å²) in [7, 11) is 0. The lowest BCUT2D eigenvalue weighted by atomic mass is 9.92. The lowest BCUT2D eigenvalue weighted by Crippen LogP contribution is -2.46. The number of amides is 1. The minimum atomic E-state index is -1.47. The maximum absolute atomic E-state index is 11.3. The zero-order valence-electron chi connectivity index (χ0n) is 19.1. The van der Waals surface area contributed by atoms with E-state index >= 15 is 0 Å². The van der Waals surface area contributed by atoms with Crippen molar-refractivity contribution in [3.8, 4) is 28.4 Å². The van der Waals surface area contributed by atoms with Gasteiger partial charge in [-0.3, -0.25) is 4.79 Å². The van der Waals surface area contributed by atoms with Crippen LogP contribution in [-0.4, -0.2) is 63.1 Å². The van der Waals surface area contributed by atoms with E-state index in [2.05, 4.69) is 27.1 Å². The molecule has 2 aliphatic heterocycles. The zero-order valence-corrected chi connectivity index (χ0v) is 19.8. The molecule has 2 aromatic heterocycles. The van der Waals surface area contributed by atoms with Gasteiger partial charge < -0.3 is 30.0 Å². The number of fused-ring (bicyclic) bond motifs is 2. The highest BCUT2D eigenvalue weighted by atomic mass is 35.5. The van der Waals surface area contributed by atoms with Gasteiger partial charge in [-0.15, -0.1) is 0 Å². The molecular formula is C26H23ClN4O5. The molecule has 10 heteroatoms. The summed E-state index contributed by atoms with van der Waals surface area (Å²) in [6.45, 7) is 0.107. The van der Waals surface area contributed by atoms with Gasteiger partial charge in [0.1, 0.15) is 17.8 Å². The molecule has 184 valence electrons. The van der Waals surface area contributed by atoms with Gasteiger partial charge >= 0.3 is 0 Å². The summed E-state index contributed by atoms with van der Waals surface area (Å²) in [5, 5.41) is 11.2. The first kappa shape index (κ1) is 22.9. The molecule has 4 aromatic rings. The average Bonchev–Trinajstić information content (AvgIpc) is 3.54. The lowest BCUT2D eigenvalue weighted by Gasteiger charge is -2.24. The second kappa shape index (κ2) is 8.86. The number of ether oxygens (including phenoxy) is 3. The molecule has 0 aliphatic carbocycles. The van der Waals surface area contributed by atoms with Crippen LogP contribution in [0, 0.1) is 0 Å². The number of aliphatic hydroxyl groups is 1. The Morgan fingerprint density at radius 3 is 2.58 bits per heavy atom. The predicted octanol–water partition coefficient (Wildman–Crippen LogP) is 3.10. The predicted molar refractivity (Wildman–Crippen MR) is 132 cm³/mol. The number of hydrogen-bond acceptors (Lipinski definition) is 7. The second-order valence-electron chi connectivity index (χ2n) is 9.11. The molecule has 0 radical (unpaired) electrons. The summed E-state index contributed by atoms with van der Waals surface area (Å²) in [4.78, 5) is 23.6. The van der Waals surface area contributed by atoms with Gasteiger partial charge in [0.25, 0.3) is 6.01 Å². The topological polar surface area (TPSA) is 133 Å². The molecule has 1 unspecified atom stereocenters. The van der Waals surface area contributed by atoms with Crippen molar-refractivity contribution in [2.45, 2.75) is 30.3 Å². The van der Waals surface area contributed by atoms with Crippen LogP contribution in [0.4, 0.5) is 0 Å². The monoisotopic (exact) mass is 506 g/mol. The Balaban J connectivity index is 1.22. The van der Waals surface area contributed by atoms with E-state index in [0.29, 0.717) is 21.9 Å². The van der Waals surface area contributed by atoms with Crippen molar-refractivity contribution < 1.29 is 24.1 Å². The van der Waals surface area contributed by atoms with Gasteiger partial charge in [-0.05, 0) is 17.2 Å². The number of carbonyl (C=O) groups is 1. The minimum Gasteiger partial charge on any atom is -0.456 e. The van der Waals surface area contributed by atoms with Gasteiger partial charge in [0, 0.05) is 5.56 Å². The number of pyridine rings is 1. The smallest absolute Gasteiger partial charge is 0.296 e. The first-order valence-corrected chi connectivity index (χ1v) is 11.9. The SMILES string of the molecule is NC(=O)C[C@@]1(O)COC2[C@H](Oc3nc4nc(-c5ccc(-c6ccccc6)cc5)c(Cl)cc4[nH]3)CO[C@@H]21. The molecule has 36 heavy (non-hydrogen) atoms. The third kappa shape index (κ3) is 4.10. The molecule has 2 aromatic carbocycles. The molecule has 4 N–H and O–H groups in total. The van der Waals surface area contributed by atoms with Crippen LogP contribution in [0.1, 0.15) is 6.42 Å². The molecule has 4 heterocycles. The van der Waals surface area contributed by atoms with Crippen molar-refractivity contribution in [2.75, 3.05) is 13.2 Å². The molecule has 1 amide bonds. The fraction of sp³-hybridized carbons (Fsp3) is 0.269. The summed E-state index contributed by atoms with van der Waals surface area (Å²) in [5.41, 5.74) is 8.57. The number of rotatable bonds is 6. The molecule has 0 spiro atoms. The molecule has 6 rings (SSSR count). The van der Waals surface area contributed by atoms with Crippen LogP contribution in [0.25, 0.3) is 33.5 Å². The lowest BCUT2D eigenvalue weighted by molar-refractivity contribution is -0.128. The first-order chi connectivity index (χ1) is 17.4. The molecule has 4 atom stereocenters. The first-order valence-electron chi connectivity index (χ1n) is 11.5. The number of imidazole rings is 1. The number of H-pyrrole nitrogens is 1. The Morgan fingerprint density at radius 1 is 1.11 bits per heavy atom. The summed E-state index contributed by atoms with van der Waals surface area (Å²) in [6.07, 6.45) is -2.04. The van der Waals surface area contributed by atoms with E-state index < -0.39 is 29.8 Å². The number of halogens is 1. The Morgan fingerprint density at radius 2 is 1.83 bits per heavy atom. The number of nitrogens with two attached hydrogens (primary N) is 1. The maximum atomic E-state index is 11.3. The zero-order chi connectivity index (χ0) is 24.9. The van der Waals surface area contributed by atoms with Crippen LogP contribution < -0.4 is 10.5 Å². The average molecular weight is 507 g/mol. The number of nitrogens with zero attached hydrogens (tertiary/aromatic N) is 2. The Kier molecular flexibility index (Phi) is 5.65. The van der Waals surface area contributed by atoms with E-state index in [1.54, 1.807) is 6.07 Å². The summed E-state index contributed by atoms with van der Waals surface area (Å²) in [6, 6.07) is 20.1. The van der Waals surface area contributed by atoms with Gasteiger partial charge in [-0.2, -0.15) is 4.98 Å². The Hall–Kier alpha value is -3.50. The van der Waals surface area contributed by atoms with Crippen LogP contribution in [0.5, 0.6) is 6.01 Å². The molecule has 2 saturated heterocycles. The normalized spacial score (nSPS) is 25.2. The largest absolute Gasteiger partial charge is 0.456 e. The minimum absolute atomic E-state index is 0.0607. The summed E-state index contributed by atoms with van der Waals surface area (Å²) >= 11 is 6.56. The number of hydrogen-bond donors (Lipinski definition) is 3. The number of carbonyl (C=O) groups excluding carboxylic acids is 1. The van der Waals surface area contributed by atoms with Crippen molar-refractivity contribution in [2.24, 2.45) is 5.73 Å². The Bertz CT molecular complexity index is 1430. The van der Waals surface area contributed by atoms with Crippen LogP contribution in [0.2, 0.25) is 5.02 Å². The van der Waals surface area contributed by atoms with E-state index in [9.17, 15) is 9.90 Å². The van der Waals surface area contributed by atoms with Crippen LogP contribution in [0.3, 0.4) is 0 Å². The fourth-order valence-electron chi connectivity index (χ4n) is 4.86. The van der Waals surface area contributed by atoms with E-state index in [-0.39, 0.29) is 25.6 Å². The van der Waals surface area contributed by atoms with E-state index in [1.807, 2.05) is 42.5 Å². The van der Waals surface area contributed by atoms with Crippen LogP contribution in [0.15, 0.2) is 60.7 Å². The van der Waals surface area contributed by atoms with Crippen molar-refractivity contribution in [1.82, 2.24) is 15.0 Å². The number of aromatic amines is 1. The number of nitrogens with one attached hydrogen (secondary N) is 1. The summed E-state index contributed by atoms with van der Waals surface area (Å²) < 4.78 is 17.4. The van der Waals surface area contributed by atoms with Gasteiger partial charge in [0.05, 0.1) is 35.9 Å². The van der Waals surface area contributed by atoms with E-state index in [0.717, 1.165) is 16.7 Å². The molecule has 2 aliphatic rings. The third-order valence-electron chi connectivity index (χ3n) is 6.57. The van der Waals surface area contributed by atoms with E-state index in [1.165, 1.54) is 0 Å². The van der Waals surface area contributed by atoms with Crippen LogP contribution >= 0.6 is 11.6 Å². The maximum Gasteiger partial charge on any atom is 0.296 e. The van der Waals surface area contributed by atoms with Gasteiger partial charge in [-0.25, -0.2) is 4.98 Å². The number of aromatic nitrogens is 3. The quantitative estimate of drug-likeness (QED) is 0.366. The fourth-order valence-corrected chi connectivity index (χ4v) is 5.12. The van der Waals surface area contributed by atoms with Gasteiger partial charge in [0.15, 0.2) is 11.8 Å². The second-order valence-corrected chi connectivity index (χ2v) is 9.52. The molecule has 0 bridgehead atoms. The van der Waals surface area contributed by atoms with Crippen molar-refractivity contribution in [3.05, 3.63) is 65.7 Å². The number of primary amides is 1. The van der Waals surface area contributed by atoms with Crippen molar-refractivity contribution >= 4 is 28.7 Å². The number of benzene rings is 2. The Labute approximate surface area is 211 Å². The van der Waals surface area contributed by atoms with E-state index in [4.69, 9.17) is 31.5 Å². The van der Waals surface area contributed by atoms with Gasteiger partial charge in [0.2, 0.25) is 5.91 Å². The molecule has 9 nitrogen and oxygen atoms in total. The molecular weight excluding hydrogens is 484 g/mol. The van der Waals surface area contributed by atoms with Crippen LogP contribution in [-0.2, 0) is 14.3 Å². The highest BCUT2D eigenvalue weighted by Crippen LogP contribution is 2.38. The van der Waals surface area contributed by atoms with Gasteiger partial charge in [-0.1, -0.05) is 66.2 Å². The summed E-state index contributed by atoms with van der Waals surface area (Å²) in [5.74, 6) is -0.625. The highest BCUT2D eigenvalue weighted by Gasteiger charge is 2.57. The molecule has 0 saturated carbocycles. The highest BCUT2D eigenvalue weighted by molar-refractivity contribution is 6.33. The third-order valence-corrected chi connectivity index (χ3v) is 6.86. The van der Waals surface area contributed by atoms with Crippen molar-refractivity contribution in [3.63, 3.8) is 0 Å².